The lowest BCUT2D eigenvalue weighted by atomic mass is 10.1. The van der Waals surface area contributed by atoms with E-state index in [-0.39, 0.29) is 29.0 Å². The molecule has 0 fully saturated rings. The number of nitrogens with two attached hydrogens (primary N) is 2. The first-order valence-corrected chi connectivity index (χ1v) is 13.5. The van der Waals surface area contributed by atoms with Crippen molar-refractivity contribution >= 4 is 27.3 Å². The maximum atomic E-state index is 13.2. The van der Waals surface area contributed by atoms with Gasteiger partial charge in [0.2, 0.25) is 0 Å². The maximum Gasteiger partial charge on any atom is 0.315 e. The second kappa shape index (κ2) is 10.1. The molecule has 4 aromatic rings. The Kier molecular flexibility index (Phi) is 7.12. The van der Waals surface area contributed by atoms with Gasteiger partial charge in [0.05, 0.1) is 17.6 Å². The molecule has 3 aromatic heterocycles. The van der Waals surface area contributed by atoms with Crippen LogP contribution in [0.15, 0.2) is 53.7 Å². The van der Waals surface area contributed by atoms with Crippen LogP contribution in [0.2, 0.25) is 0 Å². The highest BCUT2D eigenvalue weighted by Crippen LogP contribution is 2.30. The number of pyridine rings is 1. The number of halogens is 1. The third kappa shape index (κ3) is 5.38. The van der Waals surface area contributed by atoms with Crippen molar-refractivity contribution in [3.8, 4) is 22.4 Å². The monoisotopic (exact) mass is 525 g/mol. The highest BCUT2D eigenvalue weighted by Gasteiger charge is 2.24. The first kappa shape index (κ1) is 26.0. The average molecular weight is 526 g/mol. The van der Waals surface area contributed by atoms with Gasteiger partial charge in [-0.15, -0.1) is 0 Å². The molecule has 0 unspecified atom stereocenters. The van der Waals surface area contributed by atoms with Gasteiger partial charge >= 0.3 is 6.03 Å². The highest BCUT2D eigenvalue weighted by atomic mass is 32.2. The molecule has 10 nitrogen and oxygen atoms in total. The van der Waals surface area contributed by atoms with E-state index in [2.05, 4.69) is 15.1 Å². The van der Waals surface area contributed by atoms with Crippen molar-refractivity contribution in [3.63, 3.8) is 0 Å². The summed E-state index contributed by atoms with van der Waals surface area (Å²) in [4.78, 5) is 22.3. The summed E-state index contributed by atoms with van der Waals surface area (Å²) in [6.07, 6.45) is 4.96. The smallest absolute Gasteiger partial charge is 0.315 e. The van der Waals surface area contributed by atoms with Crippen molar-refractivity contribution < 1.29 is 17.6 Å². The summed E-state index contributed by atoms with van der Waals surface area (Å²) in [5.74, 6) is -0.369. The molecule has 0 radical (unpaired) electrons. The molecule has 2 amide bonds. The first-order chi connectivity index (χ1) is 17.5. The molecule has 37 heavy (non-hydrogen) atoms. The summed E-state index contributed by atoms with van der Waals surface area (Å²) >= 11 is 0. The molecular weight excluding hydrogens is 497 g/mol. The van der Waals surface area contributed by atoms with E-state index >= 15 is 0 Å². The van der Waals surface area contributed by atoms with E-state index in [0.717, 1.165) is 11.8 Å². The fourth-order valence-electron chi connectivity index (χ4n) is 4.21. The van der Waals surface area contributed by atoms with E-state index in [1.807, 2.05) is 19.9 Å². The van der Waals surface area contributed by atoms with Crippen molar-refractivity contribution in [1.29, 1.82) is 0 Å². The van der Waals surface area contributed by atoms with Gasteiger partial charge in [-0.25, -0.2) is 22.6 Å². The number of amides is 2. The minimum atomic E-state index is -3.73. The third-order valence-corrected chi connectivity index (χ3v) is 7.20. The summed E-state index contributed by atoms with van der Waals surface area (Å²) in [5.41, 5.74) is 15.2. The molecule has 0 aliphatic rings. The van der Waals surface area contributed by atoms with Gasteiger partial charge < -0.3 is 16.4 Å². The summed E-state index contributed by atoms with van der Waals surface area (Å²) in [6.45, 7) is 4.04. The predicted octanol–water partition coefficient (Wildman–Crippen LogP) is 3.30. The van der Waals surface area contributed by atoms with Crippen molar-refractivity contribution in [2.45, 2.75) is 37.6 Å². The number of carbonyl (C=O) groups is 1. The lowest BCUT2D eigenvalue weighted by Crippen LogP contribution is -2.41. The second-order valence-corrected chi connectivity index (χ2v) is 11.0. The zero-order valence-electron chi connectivity index (χ0n) is 20.7. The van der Waals surface area contributed by atoms with Crippen molar-refractivity contribution in [1.82, 2.24) is 24.5 Å². The van der Waals surface area contributed by atoms with Crippen molar-refractivity contribution in [3.05, 3.63) is 60.3 Å². The highest BCUT2D eigenvalue weighted by molar-refractivity contribution is 7.91. The lowest BCUT2D eigenvalue weighted by molar-refractivity contribution is 0.192. The minimum Gasteiger partial charge on any atom is -0.382 e. The first-order valence-electron chi connectivity index (χ1n) is 11.6. The van der Waals surface area contributed by atoms with E-state index in [1.54, 1.807) is 30.6 Å². The van der Waals surface area contributed by atoms with Crippen LogP contribution in [0.5, 0.6) is 0 Å². The number of hydrogen-bond donors (Lipinski definition) is 2. The van der Waals surface area contributed by atoms with Gasteiger partial charge in [-0.1, -0.05) is 6.07 Å². The SMILES string of the molecule is CC(C)N(CCCc1nc2c(-c3ccc(-c4ccc(F)cc4)nc3)cnn2c(N)c1S(C)(=O)=O)C(N)=O. The molecule has 0 saturated carbocycles. The van der Waals surface area contributed by atoms with E-state index in [9.17, 15) is 17.6 Å². The molecular formula is C25H28FN7O3S. The maximum absolute atomic E-state index is 13.2. The molecule has 12 heteroatoms. The number of sulfone groups is 1. The Morgan fingerprint density at radius 3 is 2.35 bits per heavy atom. The molecule has 1 aromatic carbocycles. The molecule has 0 atom stereocenters. The number of carbonyl (C=O) groups excluding carboxylic acids is 1. The zero-order chi connectivity index (χ0) is 26.9. The van der Waals surface area contributed by atoms with Gasteiger partial charge in [0, 0.05) is 41.7 Å². The van der Waals surface area contributed by atoms with Crippen LogP contribution in [0.25, 0.3) is 28.0 Å². The number of hydrogen-bond acceptors (Lipinski definition) is 7. The lowest BCUT2D eigenvalue weighted by Gasteiger charge is -2.24. The fourth-order valence-corrected chi connectivity index (χ4v) is 5.25. The summed E-state index contributed by atoms with van der Waals surface area (Å²) in [7, 11) is -3.73. The molecule has 3 heterocycles. The molecule has 194 valence electrons. The Bertz CT molecular complexity index is 1550. The third-order valence-electron chi connectivity index (χ3n) is 6.01. The minimum absolute atomic E-state index is 0.0414. The normalized spacial score (nSPS) is 11.8. The van der Waals surface area contributed by atoms with Crippen LogP contribution < -0.4 is 11.5 Å². The number of fused-ring (bicyclic) bond motifs is 1. The van der Waals surface area contributed by atoms with Crippen molar-refractivity contribution in [2.24, 2.45) is 5.73 Å². The molecule has 0 bridgehead atoms. The number of aryl methyl sites for hydroxylation is 1. The Morgan fingerprint density at radius 2 is 1.78 bits per heavy atom. The molecule has 0 spiro atoms. The molecule has 0 aliphatic heterocycles. The zero-order valence-corrected chi connectivity index (χ0v) is 21.5. The summed E-state index contributed by atoms with van der Waals surface area (Å²) in [6, 6.07) is 9.01. The van der Waals surface area contributed by atoms with Crippen LogP contribution in [0.1, 0.15) is 26.0 Å². The predicted molar refractivity (Wildman–Crippen MR) is 139 cm³/mol. The number of rotatable bonds is 8. The van der Waals surface area contributed by atoms with Gasteiger partial charge in [-0.05, 0) is 57.0 Å². The Hall–Kier alpha value is -4.06. The van der Waals surface area contributed by atoms with Crippen LogP contribution in [-0.4, -0.2) is 57.8 Å². The molecule has 4 rings (SSSR count). The van der Waals surface area contributed by atoms with E-state index in [4.69, 9.17) is 11.5 Å². The average Bonchev–Trinajstić information content (AvgIpc) is 3.25. The fraction of sp³-hybridized carbons (Fsp3) is 0.280. The van der Waals surface area contributed by atoms with Gasteiger partial charge in [0.25, 0.3) is 0 Å². The van der Waals surface area contributed by atoms with E-state index in [0.29, 0.717) is 41.1 Å². The van der Waals surface area contributed by atoms with Crippen molar-refractivity contribution in [2.75, 3.05) is 18.5 Å². The molecule has 0 aliphatic carbocycles. The van der Waals surface area contributed by atoms with Gasteiger partial charge in [0.15, 0.2) is 15.5 Å². The van der Waals surface area contributed by atoms with E-state index < -0.39 is 15.9 Å². The van der Waals surface area contributed by atoms with Crippen LogP contribution in [0.4, 0.5) is 15.0 Å². The molecule has 0 saturated heterocycles. The number of benzene rings is 1. The van der Waals surface area contributed by atoms with Crippen LogP contribution >= 0.6 is 0 Å². The number of primary amides is 1. The number of aromatic nitrogens is 4. The van der Waals surface area contributed by atoms with Crippen LogP contribution in [-0.2, 0) is 16.3 Å². The number of urea groups is 1. The van der Waals surface area contributed by atoms with Crippen LogP contribution in [0, 0.1) is 5.82 Å². The summed E-state index contributed by atoms with van der Waals surface area (Å²) < 4.78 is 39.8. The molecule has 4 N–H and O–H groups in total. The Morgan fingerprint density at radius 1 is 1.11 bits per heavy atom. The van der Waals surface area contributed by atoms with Gasteiger partial charge in [-0.3, -0.25) is 4.98 Å². The number of nitrogens with zero attached hydrogens (tertiary/aromatic N) is 5. The Balaban J connectivity index is 1.72. The largest absolute Gasteiger partial charge is 0.382 e. The van der Waals surface area contributed by atoms with Crippen LogP contribution in [0.3, 0.4) is 0 Å². The summed E-state index contributed by atoms with van der Waals surface area (Å²) in [5, 5.41) is 4.28. The Labute approximate surface area is 214 Å². The van der Waals surface area contributed by atoms with E-state index in [1.165, 1.54) is 21.5 Å². The topological polar surface area (TPSA) is 150 Å². The standard InChI is InChI=1S/C25H28FN7O3S/c1-15(2)32(25(28)34)12-4-5-21-22(37(3,35)36)23(27)33-24(31-21)19(14-30-33)17-8-11-20(29-13-17)16-6-9-18(26)10-7-16/h6-11,13-15H,4-5,12,27H2,1-3H3,(H2,28,34). The second-order valence-electron chi connectivity index (χ2n) is 9.01. The van der Waals surface area contributed by atoms with Gasteiger partial charge in [-0.2, -0.15) is 9.61 Å². The number of anilines is 1. The van der Waals surface area contributed by atoms with Gasteiger partial charge in [0.1, 0.15) is 16.5 Å². The number of nitrogen functional groups attached to an aromatic ring is 1. The quantitative estimate of drug-likeness (QED) is 0.358.